The van der Waals surface area contributed by atoms with Crippen LogP contribution >= 0.6 is 23.2 Å². The van der Waals surface area contributed by atoms with E-state index in [9.17, 15) is 38.0 Å². The molecule has 112 heavy (non-hydrogen) atoms. The fourth-order valence-electron chi connectivity index (χ4n) is 17.1. The first-order valence-corrected chi connectivity index (χ1v) is 39.0. The van der Waals surface area contributed by atoms with Crippen LogP contribution in [0.5, 0.6) is 0 Å². The average Bonchev–Trinajstić information content (AvgIpc) is 1.58. The fourth-order valence-corrected chi connectivity index (χ4v) is 17.5. The molecule has 0 unspecified atom stereocenters. The highest BCUT2D eigenvalue weighted by Crippen LogP contribution is 2.49. The molecule has 22 heteroatoms. The summed E-state index contributed by atoms with van der Waals surface area (Å²) in [6.07, 6.45) is 28.5. The topological polar surface area (TPSA) is 170 Å². The Balaban J connectivity index is 0.000000131. The van der Waals surface area contributed by atoms with Crippen molar-refractivity contribution in [3.05, 3.63) is 234 Å². The van der Waals surface area contributed by atoms with Crippen LogP contribution in [0.3, 0.4) is 0 Å². The van der Waals surface area contributed by atoms with Crippen LogP contribution in [0.1, 0.15) is 195 Å². The maximum absolute atomic E-state index is 13.9. The number of alkyl halides is 4. The van der Waals surface area contributed by atoms with Gasteiger partial charge in [-0.2, -0.15) is 0 Å². The molecule has 576 valence electrons. The van der Waals surface area contributed by atoms with Crippen LogP contribution in [0.15, 0.2) is 123 Å². The van der Waals surface area contributed by atoms with Gasteiger partial charge in [-0.1, -0.05) is 23.2 Å². The lowest BCUT2D eigenvalue weighted by Crippen LogP contribution is -2.20. The van der Waals surface area contributed by atoms with E-state index in [4.69, 9.17) is 49.5 Å². The highest BCUT2D eigenvalue weighted by Gasteiger charge is 2.32. The smallest absolute Gasteiger partial charge is 0.264 e. The lowest BCUT2D eigenvalue weighted by Gasteiger charge is -2.27. The van der Waals surface area contributed by atoms with Gasteiger partial charge in [-0.05, 0) is 273 Å². The molecule has 0 aliphatic heterocycles. The third kappa shape index (κ3) is 16.1. The van der Waals surface area contributed by atoms with Gasteiger partial charge in [0.15, 0.2) is 22.7 Å². The zero-order chi connectivity index (χ0) is 79.7. The molecule has 0 atom stereocenters. The van der Waals surface area contributed by atoms with Crippen LogP contribution in [0, 0.1) is 81.7 Å². The quantitative estimate of drug-likeness (QED) is 0.0775. The summed E-state index contributed by atoms with van der Waals surface area (Å²) >= 11 is 13.2. The summed E-state index contributed by atoms with van der Waals surface area (Å²) in [5.41, 5.74) is 19.0. The number of pyridine rings is 4. The molecule has 4 aromatic carbocycles. The van der Waals surface area contributed by atoms with Gasteiger partial charge in [0.25, 0.3) is 12.9 Å². The number of hydrogen-bond donors (Lipinski definition) is 4. The van der Waals surface area contributed by atoms with Gasteiger partial charge < -0.3 is 38.7 Å². The number of halogens is 6. The summed E-state index contributed by atoms with van der Waals surface area (Å²) in [5.74, 6) is 0. The van der Waals surface area contributed by atoms with E-state index >= 15 is 0 Å². The molecule has 16 rings (SSSR count). The Morgan fingerprint density at radius 3 is 0.750 bits per heavy atom. The number of rotatable bonds is 10. The van der Waals surface area contributed by atoms with Crippen molar-refractivity contribution >= 4 is 89.6 Å². The number of aliphatic hydroxyl groups is 4. The molecule has 4 saturated carbocycles. The second-order valence-corrected chi connectivity index (χ2v) is 31.5. The third-order valence-electron chi connectivity index (χ3n) is 23.4. The van der Waals surface area contributed by atoms with Gasteiger partial charge in [-0.3, -0.25) is 19.9 Å². The Hall–Kier alpha value is -10.3. The molecule has 0 radical (unpaired) electrons. The number of aryl methyl sites for hydroxylation is 8. The number of benzene rings is 4. The predicted molar refractivity (Wildman–Crippen MR) is 438 cm³/mol. The molecule has 4 aliphatic carbocycles. The van der Waals surface area contributed by atoms with E-state index in [2.05, 4.69) is 82.1 Å². The fraction of sp³-hybridized carbons (Fsp3) is 0.378. The zero-order valence-corrected chi connectivity index (χ0v) is 65.6. The molecule has 0 bridgehead atoms. The monoisotopic (exact) mass is 1550 g/mol. The minimum absolute atomic E-state index is 0.0111. The van der Waals surface area contributed by atoms with Crippen molar-refractivity contribution in [2.75, 3.05) is 0 Å². The van der Waals surface area contributed by atoms with Gasteiger partial charge >= 0.3 is 0 Å². The van der Waals surface area contributed by atoms with Crippen LogP contribution < -0.4 is 0 Å². The Labute approximate surface area is 660 Å². The van der Waals surface area contributed by atoms with Crippen molar-refractivity contribution in [1.29, 1.82) is 0 Å². The molecule has 8 aromatic heterocycles. The van der Waals surface area contributed by atoms with Crippen molar-refractivity contribution in [2.24, 2.45) is 0 Å². The molecular formula is C90H90Cl2F4N12O4. The molecule has 8 heterocycles. The maximum atomic E-state index is 13.9. The first kappa shape index (κ1) is 79.8. The summed E-state index contributed by atoms with van der Waals surface area (Å²) in [7, 11) is 0. The number of fused-ring (bicyclic) bond motifs is 4. The van der Waals surface area contributed by atoms with Crippen molar-refractivity contribution < 1.29 is 38.0 Å². The van der Waals surface area contributed by atoms with Crippen molar-refractivity contribution in [3.63, 3.8) is 0 Å². The highest BCUT2D eigenvalue weighted by molar-refractivity contribution is 6.35. The summed E-state index contributed by atoms with van der Waals surface area (Å²) in [6.45, 7) is 44.9. The van der Waals surface area contributed by atoms with Crippen molar-refractivity contribution in [2.45, 2.75) is 220 Å². The summed E-state index contributed by atoms with van der Waals surface area (Å²) < 4.78 is 64.4. The van der Waals surface area contributed by atoms with E-state index in [0.29, 0.717) is 78.3 Å². The molecule has 0 spiro atoms. The van der Waals surface area contributed by atoms with E-state index in [1.807, 2.05) is 78.2 Å². The van der Waals surface area contributed by atoms with Gasteiger partial charge in [0.2, 0.25) is 0 Å². The van der Waals surface area contributed by atoms with Crippen LogP contribution in [0.25, 0.3) is 107 Å². The molecule has 4 aliphatic rings. The number of aromatic nitrogens is 8. The molecule has 16 nitrogen and oxygen atoms in total. The average molecular weight is 1550 g/mol. The Morgan fingerprint density at radius 1 is 0.312 bits per heavy atom. The van der Waals surface area contributed by atoms with Crippen molar-refractivity contribution in [1.82, 2.24) is 38.2 Å². The number of nitrogens with zero attached hydrogens (tertiary/aromatic N) is 12. The largest absolute Gasteiger partial charge is 0.393 e. The molecular weight excluding hydrogens is 1460 g/mol. The van der Waals surface area contributed by atoms with Crippen LogP contribution in [-0.4, -0.2) is 83.0 Å². The Bertz CT molecular complexity index is 5370. The number of aliphatic hydroxyl groups excluding tert-OH is 4. The minimum Gasteiger partial charge on any atom is -0.393 e. The SMILES string of the molecule is [C-]#[N+]c1cc2c(-c3cncc(C)c3C(F)F)cn(C3CCC(O)CC3)c2cc1C.[C-]#[N+]c1cc2c(-c3cncc(C)c3C(F)F)cn(C3CCC(O)CC3)c2cc1C.[C-]#[N+]c1cc2c(-c3cncc(C)c3Cl)cn(C3CCC(O)CC3)c2cc1C.[C-]#[N+]c1cc2c(-c3cncc(C)c3Cl)cn(C3CCC(O)CC3)c2cc1C. The highest BCUT2D eigenvalue weighted by atomic mass is 35.5. The number of hydrogen-bond acceptors (Lipinski definition) is 8. The second kappa shape index (κ2) is 34.0. The molecule has 4 N–H and O–H groups in total. The third-order valence-corrected chi connectivity index (χ3v) is 24.4. The van der Waals surface area contributed by atoms with Gasteiger partial charge in [-0.25, -0.2) is 36.9 Å². The van der Waals surface area contributed by atoms with Gasteiger partial charge in [-0.15, -0.1) is 0 Å². The van der Waals surface area contributed by atoms with E-state index in [-0.39, 0.29) is 47.6 Å². The van der Waals surface area contributed by atoms with Crippen LogP contribution in [0.2, 0.25) is 10.0 Å². The van der Waals surface area contributed by atoms with Crippen LogP contribution in [-0.2, 0) is 0 Å². The lowest BCUT2D eigenvalue weighted by atomic mass is 9.93. The minimum atomic E-state index is -2.61. The Kier molecular flexibility index (Phi) is 24.2. The second-order valence-electron chi connectivity index (χ2n) is 30.8. The summed E-state index contributed by atoms with van der Waals surface area (Å²) in [5, 5.41) is 44.6. The summed E-state index contributed by atoms with van der Waals surface area (Å²) in [6, 6.07) is 16.8. The first-order chi connectivity index (χ1) is 53.8. The van der Waals surface area contributed by atoms with E-state index in [0.717, 1.165) is 202 Å². The van der Waals surface area contributed by atoms with Gasteiger partial charge in [0, 0.05) is 176 Å². The summed E-state index contributed by atoms with van der Waals surface area (Å²) in [4.78, 5) is 31.6. The lowest BCUT2D eigenvalue weighted by molar-refractivity contribution is 0.111. The normalized spacial score (nSPS) is 19.8. The van der Waals surface area contributed by atoms with Gasteiger partial charge in [0.05, 0.1) is 60.7 Å². The van der Waals surface area contributed by atoms with Crippen LogP contribution in [0.4, 0.5) is 40.3 Å². The first-order valence-electron chi connectivity index (χ1n) is 38.3. The molecule has 12 aromatic rings. The van der Waals surface area contributed by atoms with E-state index in [1.54, 1.807) is 50.8 Å². The Morgan fingerprint density at radius 2 is 0.527 bits per heavy atom. The van der Waals surface area contributed by atoms with Crippen molar-refractivity contribution in [3.8, 4) is 44.5 Å². The maximum Gasteiger partial charge on any atom is 0.264 e. The van der Waals surface area contributed by atoms with E-state index < -0.39 is 12.9 Å². The zero-order valence-electron chi connectivity index (χ0n) is 64.1. The molecule has 4 fully saturated rings. The standard InChI is InChI=1S/2C23H23F2N3O.2C22H22ClN3O/c2*1-13-8-21-17(9-20(13)26-3)19(12-28(21)15-4-6-16(29)7-5-15)18-11-27-10-14(2)22(18)23(24)25;2*1-13-8-21-17(9-20(13)24-3)19(18-11-25-10-14(2)22(18)23)12-26(21)15-4-6-16(27)7-5-15/h2*8-12,15-16,23,29H,4-7H2,1-2H3;2*8-12,15-16,27H,4-7H2,1-2H3. The predicted octanol–water partition coefficient (Wildman–Crippen LogP) is 24.6. The molecule has 0 saturated heterocycles. The van der Waals surface area contributed by atoms with E-state index in [1.165, 1.54) is 24.8 Å². The molecule has 0 amide bonds. The van der Waals surface area contributed by atoms with Gasteiger partial charge in [0.1, 0.15) is 0 Å².